The largest absolute Gasteiger partial charge is 0.279 e. The molecule has 1 aliphatic heterocycles. The highest BCUT2D eigenvalue weighted by atomic mass is 32.2. The topological polar surface area (TPSA) is 67.2 Å². The van der Waals surface area contributed by atoms with E-state index in [9.17, 15) is 8.42 Å². The number of piperidine rings is 1. The predicted molar refractivity (Wildman–Crippen MR) is 73.7 cm³/mol. The van der Waals surface area contributed by atoms with Crippen LogP contribution in [0.2, 0.25) is 0 Å². The minimum absolute atomic E-state index is 0.177. The first-order valence-electron chi connectivity index (χ1n) is 6.72. The van der Waals surface area contributed by atoms with Crippen LogP contribution >= 0.6 is 0 Å². The maximum atomic E-state index is 12.2. The second-order valence-electron chi connectivity index (χ2n) is 5.33. The predicted octanol–water partition coefficient (Wildman–Crippen LogP) is 0.838. The summed E-state index contributed by atoms with van der Waals surface area (Å²) in [6.45, 7) is 5.79. The van der Waals surface area contributed by atoms with Crippen LogP contribution in [-0.4, -0.2) is 41.6 Å². The monoisotopic (exact) mass is 286 g/mol. The normalized spacial score (nSPS) is 20.5. The van der Waals surface area contributed by atoms with E-state index in [1.54, 1.807) is 15.2 Å². The molecule has 1 aromatic rings. The molecule has 0 spiro atoms. The third kappa shape index (κ3) is 4.02. The van der Waals surface area contributed by atoms with E-state index in [4.69, 9.17) is 0 Å². The maximum Gasteiger partial charge on any atom is 0.279 e. The molecule has 2 rings (SSSR count). The van der Waals surface area contributed by atoms with Gasteiger partial charge >= 0.3 is 0 Å². The van der Waals surface area contributed by atoms with Gasteiger partial charge in [0.25, 0.3) is 10.2 Å². The number of aromatic nitrogens is 2. The Bertz CT molecular complexity index is 478. The van der Waals surface area contributed by atoms with Crippen LogP contribution in [0, 0.1) is 5.92 Å². The molecule has 2 heterocycles. The van der Waals surface area contributed by atoms with Gasteiger partial charge in [-0.05, 0) is 31.7 Å². The lowest BCUT2D eigenvalue weighted by atomic mass is 10.0. The SMILES string of the molecule is CC1CCN(S(=O)(=O)N[C@@H](C)Cn2cccn2)CC1. The standard InChI is InChI=1S/C12H22N4O2S/c1-11-4-8-16(9-5-11)19(17,18)14-12(2)10-15-7-3-6-13-15/h3,6-7,11-12,14H,4-5,8-10H2,1-2H3/t12-/m0/s1. The van der Waals surface area contributed by atoms with E-state index in [-0.39, 0.29) is 6.04 Å². The van der Waals surface area contributed by atoms with Crippen LogP contribution in [0.1, 0.15) is 26.7 Å². The van der Waals surface area contributed by atoms with Crippen molar-refractivity contribution in [1.82, 2.24) is 18.8 Å². The second-order valence-corrected chi connectivity index (χ2v) is 7.04. The van der Waals surface area contributed by atoms with Gasteiger partial charge in [-0.1, -0.05) is 6.92 Å². The fraction of sp³-hybridized carbons (Fsp3) is 0.750. The van der Waals surface area contributed by atoms with E-state index in [2.05, 4.69) is 16.7 Å². The number of rotatable bonds is 5. The van der Waals surface area contributed by atoms with Crippen molar-refractivity contribution < 1.29 is 8.42 Å². The summed E-state index contributed by atoms with van der Waals surface area (Å²) in [5.41, 5.74) is 0. The molecule has 1 fully saturated rings. The summed E-state index contributed by atoms with van der Waals surface area (Å²) < 4.78 is 30.4. The maximum absolute atomic E-state index is 12.2. The van der Waals surface area contributed by atoms with Gasteiger partial charge in [-0.15, -0.1) is 0 Å². The average molecular weight is 286 g/mol. The fourth-order valence-electron chi connectivity index (χ4n) is 2.28. The Labute approximate surface area is 115 Å². The highest BCUT2D eigenvalue weighted by Crippen LogP contribution is 2.18. The summed E-state index contributed by atoms with van der Waals surface area (Å²) in [5, 5.41) is 4.08. The van der Waals surface area contributed by atoms with Crippen molar-refractivity contribution in [1.29, 1.82) is 0 Å². The molecule has 1 N–H and O–H groups in total. The van der Waals surface area contributed by atoms with Crippen LogP contribution in [0.5, 0.6) is 0 Å². The van der Waals surface area contributed by atoms with Crippen molar-refractivity contribution in [3.8, 4) is 0 Å². The van der Waals surface area contributed by atoms with Crippen molar-refractivity contribution in [2.24, 2.45) is 5.92 Å². The molecule has 0 unspecified atom stereocenters. The molecule has 0 saturated carbocycles. The fourth-order valence-corrected chi connectivity index (χ4v) is 3.70. The Morgan fingerprint density at radius 3 is 2.68 bits per heavy atom. The second kappa shape index (κ2) is 6.02. The quantitative estimate of drug-likeness (QED) is 0.872. The molecule has 0 aromatic carbocycles. The zero-order valence-electron chi connectivity index (χ0n) is 11.5. The van der Waals surface area contributed by atoms with Gasteiger partial charge in [0.1, 0.15) is 0 Å². The molecule has 1 aliphatic rings. The zero-order chi connectivity index (χ0) is 13.9. The number of hydrogen-bond acceptors (Lipinski definition) is 3. The molecular formula is C12H22N4O2S. The molecule has 1 saturated heterocycles. The van der Waals surface area contributed by atoms with Crippen LogP contribution in [0.15, 0.2) is 18.5 Å². The number of nitrogens with one attached hydrogen (secondary N) is 1. The van der Waals surface area contributed by atoms with Crippen LogP contribution < -0.4 is 4.72 Å². The third-order valence-corrected chi connectivity index (χ3v) is 5.20. The van der Waals surface area contributed by atoms with Crippen molar-refractivity contribution >= 4 is 10.2 Å². The Kier molecular flexibility index (Phi) is 4.59. The van der Waals surface area contributed by atoms with E-state index in [1.165, 1.54) is 0 Å². The highest BCUT2D eigenvalue weighted by molar-refractivity contribution is 7.87. The Morgan fingerprint density at radius 1 is 1.42 bits per heavy atom. The van der Waals surface area contributed by atoms with Gasteiger partial charge in [0.15, 0.2) is 0 Å². The Hall–Kier alpha value is -0.920. The summed E-state index contributed by atoms with van der Waals surface area (Å²) in [7, 11) is -3.37. The third-order valence-electron chi connectivity index (χ3n) is 3.45. The van der Waals surface area contributed by atoms with Gasteiger partial charge in [0.05, 0.1) is 6.54 Å². The number of hydrogen-bond donors (Lipinski definition) is 1. The minimum Gasteiger partial charge on any atom is -0.271 e. The first-order valence-corrected chi connectivity index (χ1v) is 8.16. The summed E-state index contributed by atoms with van der Waals surface area (Å²) in [5.74, 6) is 0.618. The van der Waals surface area contributed by atoms with Crippen molar-refractivity contribution in [3.63, 3.8) is 0 Å². The first-order chi connectivity index (χ1) is 8.97. The zero-order valence-corrected chi connectivity index (χ0v) is 12.3. The van der Waals surface area contributed by atoms with Crippen LogP contribution in [0.4, 0.5) is 0 Å². The highest BCUT2D eigenvalue weighted by Gasteiger charge is 2.27. The number of nitrogens with zero attached hydrogens (tertiary/aromatic N) is 3. The molecule has 0 radical (unpaired) electrons. The lowest BCUT2D eigenvalue weighted by Crippen LogP contribution is -2.48. The molecule has 1 atom stereocenters. The average Bonchev–Trinajstić information content (AvgIpc) is 2.81. The molecule has 0 aliphatic carbocycles. The molecule has 19 heavy (non-hydrogen) atoms. The van der Waals surface area contributed by atoms with E-state index in [0.29, 0.717) is 25.6 Å². The van der Waals surface area contributed by atoms with Gasteiger partial charge in [-0.2, -0.15) is 22.5 Å². The van der Waals surface area contributed by atoms with Crippen LogP contribution in [0.3, 0.4) is 0 Å². The van der Waals surface area contributed by atoms with Crippen molar-refractivity contribution in [2.45, 2.75) is 39.3 Å². The Balaban J connectivity index is 1.89. The molecule has 7 heteroatoms. The molecule has 108 valence electrons. The smallest absolute Gasteiger partial charge is 0.271 e. The molecular weight excluding hydrogens is 264 g/mol. The van der Waals surface area contributed by atoms with Gasteiger partial charge < -0.3 is 0 Å². The van der Waals surface area contributed by atoms with Crippen molar-refractivity contribution in [3.05, 3.63) is 18.5 Å². The molecule has 6 nitrogen and oxygen atoms in total. The van der Waals surface area contributed by atoms with Crippen LogP contribution in [-0.2, 0) is 16.8 Å². The van der Waals surface area contributed by atoms with E-state index < -0.39 is 10.2 Å². The van der Waals surface area contributed by atoms with E-state index >= 15 is 0 Å². The van der Waals surface area contributed by atoms with E-state index in [1.807, 2.05) is 19.2 Å². The summed E-state index contributed by atoms with van der Waals surface area (Å²) >= 11 is 0. The minimum atomic E-state index is -3.37. The van der Waals surface area contributed by atoms with Gasteiger partial charge in [0.2, 0.25) is 0 Å². The summed E-state index contributed by atoms with van der Waals surface area (Å²) in [6, 6.07) is 1.65. The van der Waals surface area contributed by atoms with Gasteiger partial charge in [-0.3, -0.25) is 4.68 Å². The first kappa shape index (κ1) is 14.5. The lowest BCUT2D eigenvalue weighted by Gasteiger charge is -2.30. The summed E-state index contributed by atoms with van der Waals surface area (Å²) in [4.78, 5) is 0. The van der Waals surface area contributed by atoms with Crippen LogP contribution in [0.25, 0.3) is 0 Å². The Morgan fingerprint density at radius 2 is 2.11 bits per heavy atom. The molecule has 0 amide bonds. The molecule has 1 aromatic heterocycles. The van der Waals surface area contributed by atoms with E-state index in [0.717, 1.165) is 12.8 Å². The van der Waals surface area contributed by atoms with Gasteiger partial charge in [-0.25, -0.2) is 0 Å². The van der Waals surface area contributed by atoms with Crippen molar-refractivity contribution in [2.75, 3.05) is 13.1 Å². The van der Waals surface area contributed by atoms with Gasteiger partial charge in [0, 0.05) is 31.5 Å². The lowest BCUT2D eigenvalue weighted by molar-refractivity contribution is 0.283. The summed E-state index contributed by atoms with van der Waals surface area (Å²) in [6.07, 6.45) is 5.39. The molecule has 0 bridgehead atoms.